The fraction of sp³-hybridized carbons (Fsp3) is 0.538. The first kappa shape index (κ1) is 11.9. The number of pyridine rings is 1. The van der Waals surface area contributed by atoms with Gasteiger partial charge in [0.25, 0.3) is 0 Å². The highest BCUT2D eigenvalue weighted by Crippen LogP contribution is 2.12. The molecule has 0 atom stereocenters. The summed E-state index contributed by atoms with van der Waals surface area (Å²) in [7, 11) is 0. The Bertz CT molecular complexity index is 391. The summed E-state index contributed by atoms with van der Waals surface area (Å²) in [6.45, 7) is 4.33. The molecule has 2 rings (SSSR count). The molecule has 1 aliphatic rings. The van der Waals surface area contributed by atoms with Crippen molar-refractivity contribution < 1.29 is 0 Å². The van der Waals surface area contributed by atoms with Gasteiger partial charge >= 0.3 is 0 Å². The molecule has 1 fully saturated rings. The summed E-state index contributed by atoms with van der Waals surface area (Å²) in [5.41, 5.74) is 1.51. The van der Waals surface area contributed by atoms with Gasteiger partial charge in [0.1, 0.15) is 6.07 Å². The molecule has 1 aromatic heterocycles. The van der Waals surface area contributed by atoms with E-state index in [1.807, 2.05) is 0 Å². The Hall–Kier alpha value is -1.60. The molecule has 2 heterocycles. The minimum Gasteiger partial charge on any atom is -0.381 e. The van der Waals surface area contributed by atoms with Crippen LogP contribution in [0.25, 0.3) is 0 Å². The minimum absolute atomic E-state index is 0.665. The molecule has 0 amide bonds. The number of rotatable bonds is 4. The third-order valence-electron chi connectivity index (χ3n) is 3.13. The van der Waals surface area contributed by atoms with Gasteiger partial charge in [-0.05, 0) is 32.0 Å². The first-order valence-corrected chi connectivity index (χ1v) is 6.20. The lowest BCUT2D eigenvalue weighted by atomic mass is 10.1. The zero-order valence-electron chi connectivity index (χ0n) is 10.0. The van der Waals surface area contributed by atoms with E-state index in [2.05, 4.69) is 21.3 Å². The largest absolute Gasteiger partial charge is 0.381 e. The van der Waals surface area contributed by atoms with Crippen LogP contribution in [0.3, 0.4) is 0 Å². The minimum atomic E-state index is 0.665. The molecular weight excluding hydrogens is 212 g/mol. The van der Waals surface area contributed by atoms with Crippen LogP contribution in [0.5, 0.6) is 0 Å². The summed E-state index contributed by atoms with van der Waals surface area (Å²) in [6.07, 6.45) is 7.36. The lowest BCUT2D eigenvalue weighted by Crippen LogP contribution is -2.33. The molecule has 4 nitrogen and oxygen atoms in total. The highest BCUT2D eigenvalue weighted by atomic mass is 15.1. The van der Waals surface area contributed by atoms with Crippen LogP contribution in [-0.4, -0.2) is 36.1 Å². The van der Waals surface area contributed by atoms with Gasteiger partial charge in [-0.2, -0.15) is 5.26 Å². The highest BCUT2D eigenvalue weighted by Gasteiger charge is 2.09. The van der Waals surface area contributed by atoms with Gasteiger partial charge in [0.15, 0.2) is 0 Å². The van der Waals surface area contributed by atoms with Crippen LogP contribution in [0.4, 0.5) is 5.69 Å². The average Bonchev–Trinajstić information content (AvgIpc) is 2.40. The molecule has 0 radical (unpaired) electrons. The van der Waals surface area contributed by atoms with Crippen molar-refractivity contribution in [2.75, 3.05) is 31.5 Å². The number of hydrogen-bond acceptors (Lipinski definition) is 4. The average molecular weight is 230 g/mol. The standard InChI is InChI=1S/C13H18N4/c14-10-12-4-5-15-11-13(12)16-6-9-17-7-2-1-3-8-17/h4-5,11,16H,1-3,6-9H2. The maximum Gasteiger partial charge on any atom is 0.101 e. The van der Waals surface area contributed by atoms with E-state index in [4.69, 9.17) is 5.26 Å². The van der Waals surface area contributed by atoms with Crippen LogP contribution >= 0.6 is 0 Å². The van der Waals surface area contributed by atoms with Gasteiger partial charge in [-0.25, -0.2) is 0 Å². The van der Waals surface area contributed by atoms with E-state index in [1.54, 1.807) is 18.5 Å². The maximum atomic E-state index is 8.94. The Morgan fingerprint density at radius 2 is 2.18 bits per heavy atom. The van der Waals surface area contributed by atoms with Crippen molar-refractivity contribution >= 4 is 5.69 Å². The third kappa shape index (κ3) is 3.43. The van der Waals surface area contributed by atoms with E-state index in [0.29, 0.717) is 5.56 Å². The van der Waals surface area contributed by atoms with E-state index in [0.717, 1.165) is 18.8 Å². The molecule has 90 valence electrons. The molecule has 1 aromatic rings. The summed E-state index contributed by atoms with van der Waals surface area (Å²) in [6, 6.07) is 3.91. The molecule has 1 aliphatic heterocycles. The Labute approximate surface area is 102 Å². The van der Waals surface area contributed by atoms with Gasteiger partial charge < -0.3 is 10.2 Å². The van der Waals surface area contributed by atoms with Crippen molar-refractivity contribution in [3.05, 3.63) is 24.0 Å². The summed E-state index contributed by atoms with van der Waals surface area (Å²) < 4.78 is 0. The number of aromatic nitrogens is 1. The van der Waals surface area contributed by atoms with E-state index in [-0.39, 0.29) is 0 Å². The van der Waals surface area contributed by atoms with E-state index >= 15 is 0 Å². The summed E-state index contributed by atoms with van der Waals surface area (Å²) >= 11 is 0. The van der Waals surface area contributed by atoms with Gasteiger partial charge in [0.2, 0.25) is 0 Å². The molecule has 0 saturated carbocycles. The van der Waals surface area contributed by atoms with Crippen LogP contribution in [-0.2, 0) is 0 Å². The Morgan fingerprint density at radius 1 is 1.35 bits per heavy atom. The summed E-state index contributed by atoms with van der Waals surface area (Å²) in [5.74, 6) is 0. The Balaban J connectivity index is 1.79. The maximum absolute atomic E-state index is 8.94. The van der Waals surface area contributed by atoms with Crippen molar-refractivity contribution in [2.24, 2.45) is 0 Å². The first-order valence-electron chi connectivity index (χ1n) is 6.20. The molecule has 1 saturated heterocycles. The van der Waals surface area contributed by atoms with Crippen molar-refractivity contribution in [1.29, 1.82) is 5.26 Å². The summed E-state index contributed by atoms with van der Waals surface area (Å²) in [5, 5.41) is 12.2. The fourth-order valence-corrected chi connectivity index (χ4v) is 2.16. The second-order valence-corrected chi connectivity index (χ2v) is 4.36. The predicted octanol–water partition coefficient (Wildman–Crippen LogP) is 1.85. The van der Waals surface area contributed by atoms with Gasteiger partial charge in [0.05, 0.1) is 17.4 Å². The number of nitrogens with zero attached hydrogens (tertiary/aromatic N) is 3. The van der Waals surface area contributed by atoms with Crippen molar-refractivity contribution in [3.63, 3.8) is 0 Å². The van der Waals surface area contributed by atoms with Gasteiger partial charge in [-0.1, -0.05) is 6.42 Å². The van der Waals surface area contributed by atoms with Gasteiger partial charge in [0, 0.05) is 19.3 Å². The normalized spacial score (nSPS) is 16.4. The van der Waals surface area contributed by atoms with E-state index < -0.39 is 0 Å². The molecule has 0 aromatic carbocycles. The lowest BCUT2D eigenvalue weighted by Gasteiger charge is -2.26. The quantitative estimate of drug-likeness (QED) is 0.857. The molecule has 0 aliphatic carbocycles. The van der Waals surface area contributed by atoms with Crippen molar-refractivity contribution in [1.82, 2.24) is 9.88 Å². The second-order valence-electron chi connectivity index (χ2n) is 4.36. The molecule has 1 N–H and O–H groups in total. The molecule has 17 heavy (non-hydrogen) atoms. The molecule has 4 heteroatoms. The van der Waals surface area contributed by atoms with Gasteiger partial charge in [-0.15, -0.1) is 0 Å². The monoisotopic (exact) mass is 230 g/mol. The van der Waals surface area contributed by atoms with Crippen molar-refractivity contribution in [3.8, 4) is 6.07 Å². The molecular formula is C13H18N4. The van der Waals surface area contributed by atoms with Crippen LogP contribution in [0.15, 0.2) is 18.5 Å². The topological polar surface area (TPSA) is 52.0 Å². The lowest BCUT2D eigenvalue weighted by molar-refractivity contribution is 0.237. The van der Waals surface area contributed by atoms with Crippen LogP contribution in [0.2, 0.25) is 0 Å². The van der Waals surface area contributed by atoms with Gasteiger partial charge in [-0.3, -0.25) is 4.98 Å². The number of hydrogen-bond donors (Lipinski definition) is 1. The van der Waals surface area contributed by atoms with Crippen LogP contribution in [0, 0.1) is 11.3 Å². The first-order chi connectivity index (χ1) is 8.40. The van der Waals surface area contributed by atoms with Crippen molar-refractivity contribution in [2.45, 2.75) is 19.3 Å². The molecule has 0 unspecified atom stereocenters. The van der Waals surface area contributed by atoms with E-state index in [9.17, 15) is 0 Å². The number of piperidine rings is 1. The third-order valence-corrected chi connectivity index (χ3v) is 3.13. The van der Waals surface area contributed by atoms with E-state index in [1.165, 1.54) is 32.4 Å². The highest BCUT2D eigenvalue weighted by molar-refractivity contribution is 5.55. The fourth-order valence-electron chi connectivity index (χ4n) is 2.16. The molecule has 0 bridgehead atoms. The predicted molar refractivity (Wildman–Crippen MR) is 67.7 cm³/mol. The SMILES string of the molecule is N#Cc1ccncc1NCCN1CCCCC1. The molecule has 0 spiro atoms. The van der Waals surface area contributed by atoms with Crippen LogP contribution in [0.1, 0.15) is 24.8 Å². The number of nitrogens with one attached hydrogen (secondary N) is 1. The second kappa shape index (κ2) is 6.21. The van der Waals surface area contributed by atoms with Crippen LogP contribution < -0.4 is 5.32 Å². The Morgan fingerprint density at radius 3 is 2.94 bits per heavy atom. The number of likely N-dealkylation sites (tertiary alicyclic amines) is 1. The summed E-state index contributed by atoms with van der Waals surface area (Å²) in [4.78, 5) is 6.50. The zero-order valence-corrected chi connectivity index (χ0v) is 10.0. The number of anilines is 1. The Kier molecular flexibility index (Phi) is 4.34. The zero-order chi connectivity index (χ0) is 11.9. The number of nitriles is 1. The smallest absolute Gasteiger partial charge is 0.101 e.